The lowest BCUT2D eigenvalue weighted by Crippen LogP contribution is -2.44. The van der Waals surface area contributed by atoms with Crippen LogP contribution >= 0.6 is 0 Å². The number of aromatic hydroxyl groups is 1. The smallest absolute Gasteiger partial charge is 0.120 e. The summed E-state index contributed by atoms with van der Waals surface area (Å²) in [6.45, 7) is 8.34. The molecule has 0 radical (unpaired) electrons. The van der Waals surface area contributed by atoms with Crippen LogP contribution in [0.5, 0.6) is 5.75 Å². The Kier molecular flexibility index (Phi) is 3.46. The molecule has 0 aliphatic carbocycles. The maximum Gasteiger partial charge on any atom is 0.120 e. The van der Waals surface area contributed by atoms with Crippen LogP contribution in [0.2, 0.25) is 0 Å². The third-order valence-electron chi connectivity index (χ3n) is 3.34. The molecule has 3 heteroatoms. The summed E-state index contributed by atoms with van der Waals surface area (Å²) in [6.07, 6.45) is 0. The first-order chi connectivity index (χ1) is 7.68. The van der Waals surface area contributed by atoms with Gasteiger partial charge in [0.05, 0.1) is 0 Å². The van der Waals surface area contributed by atoms with Crippen LogP contribution in [-0.2, 0) is 0 Å². The van der Waals surface area contributed by atoms with Crippen molar-refractivity contribution in [1.82, 2.24) is 10.2 Å². The van der Waals surface area contributed by atoms with Gasteiger partial charge in [0, 0.05) is 37.8 Å². The van der Waals surface area contributed by atoms with Crippen LogP contribution in [0.15, 0.2) is 18.2 Å². The summed E-state index contributed by atoms with van der Waals surface area (Å²) in [6, 6.07) is 6.24. The number of aryl methyl sites for hydroxylation is 1. The summed E-state index contributed by atoms with van der Waals surface area (Å²) >= 11 is 0. The molecule has 1 aromatic carbocycles. The first kappa shape index (κ1) is 11.4. The van der Waals surface area contributed by atoms with Gasteiger partial charge in [0.25, 0.3) is 0 Å². The Bertz CT molecular complexity index is 359. The van der Waals surface area contributed by atoms with Gasteiger partial charge in [0.1, 0.15) is 5.75 Å². The van der Waals surface area contributed by atoms with E-state index in [0.29, 0.717) is 11.8 Å². The topological polar surface area (TPSA) is 35.5 Å². The molecule has 1 saturated heterocycles. The molecule has 1 atom stereocenters. The van der Waals surface area contributed by atoms with Crippen LogP contribution in [0.4, 0.5) is 0 Å². The van der Waals surface area contributed by atoms with Gasteiger partial charge in [0.15, 0.2) is 0 Å². The second-order valence-electron chi connectivity index (χ2n) is 4.52. The van der Waals surface area contributed by atoms with Crippen LogP contribution in [0.25, 0.3) is 0 Å². The van der Waals surface area contributed by atoms with Crippen molar-refractivity contribution >= 4 is 0 Å². The van der Waals surface area contributed by atoms with E-state index in [4.69, 9.17) is 0 Å². The number of nitrogens with zero attached hydrogens (tertiary/aromatic N) is 1. The second-order valence-corrected chi connectivity index (χ2v) is 4.52. The molecule has 0 unspecified atom stereocenters. The molecule has 1 aliphatic rings. The fourth-order valence-corrected chi connectivity index (χ4v) is 2.27. The van der Waals surface area contributed by atoms with Crippen LogP contribution in [0.3, 0.4) is 0 Å². The van der Waals surface area contributed by atoms with E-state index in [1.165, 1.54) is 0 Å². The maximum absolute atomic E-state index is 9.95. The summed E-state index contributed by atoms with van der Waals surface area (Å²) in [5, 5.41) is 13.3. The molecular formula is C13H20N2O. The minimum atomic E-state index is 0.294. The van der Waals surface area contributed by atoms with Crippen molar-refractivity contribution in [3.05, 3.63) is 29.3 Å². The van der Waals surface area contributed by atoms with Gasteiger partial charge in [-0.25, -0.2) is 0 Å². The number of nitrogens with one attached hydrogen (secondary N) is 1. The Balaban J connectivity index is 2.15. The van der Waals surface area contributed by atoms with Gasteiger partial charge in [-0.1, -0.05) is 12.1 Å². The highest BCUT2D eigenvalue weighted by Gasteiger charge is 2.19. The Hall–Kier alpha value is -1.06. The van der Waals surface area contributed by atoms with Gasteiger partial charge in [-0.3, -0.25) is 4.90 Å². The normalized spacial score (nSPS) is 19.6. The first-order valence-electron chi connectivity index (χ1n) is 5.93. The van der Waals surface area contributed by atoms with Crippen molar-refractivity contribution < 1.29 is 5.11 Å². The molecule has 2 rings (SSSR count). The Morgan fingerprint density at radius 3 is 2.62 bits per heavy atom. The number of piperazine rings is 1. The lowest BCUT2D eigenvalue weighted by Gasteiger charge is -2.33. The van der Waals surface area contributed by atoms with Gasteiger partial charge in [-0.2, -0.15) is 0 Å². The van der Waals surface area contributed by atoms with Crippen LogP contribution in [0.1, 0.15) is 24.1 Å². The van der Waals surface area contributed by atoms with E-state index in [1.807, 2.05) is 19.1 Å². The zero-order chi connectivity index (χ0) is 11.5. The summed E-state index contributed by atoms with van der Waals surface area (Å²) in [5.74, 6) is 0.422. The van der Waals surface area contributed by atoms with Crippen LogP contribution < -0.4 is 5.32 Å². The summed E-state index contributed by atoms with van der Waals surface area (Å²) in [5.41, 5.74) is 2.14. The zero-order valence-electron chi connectivity index (χ0n) is 10.0. The number of benzene rings is 1. The molecule has 0 saturated carbocycles. The molecular weight excluding hydrogens is 200 g/mol. The number of hydrogen-bond acceptors (Lipinski definition) is 3. The minimum Gasteiger partial charge on any atom is -0.508 e. The van der Waals surface area contributed by atoms with Crippen molar-refractivity contribution in [3.63, 3.8) is 0 Å². The van der Waals surface area contributed by atoms with Crippen molar-refractivity contribution in [2.45, 2.75) is 19.9 Å². The van der Waals surface area contributed by atoms with Crippen molar-refractivity contribution in [2.24, 2.45) is 0 Å². The highest BCUT2D eigenvalue weighted by molar-refractivity contribution is 5.37. The number of rotatable bonds is 2. The van der Waals surface area contributed by atoms with Gasteiger partial charge in [-0.15, -0.1) is 0 Å². The van der Waals surface area contributed by atoms with E-state index in [-0.39, 0.29) is 0 Å². The highest BCUT2D eigenvalue weighted by atomic mass is 16.3. The highest BCUT2D eigenvalue weighted by Crippen LogP contribution is 2.29. The fraction of sp³-hybridized carbons (Fsp3) is 0.538. The van der Waals surface area contributed by atoms with E-state index in [9.17, 15) is 5.11 Å². The molecule has 3 nitrogen and oxygen atoms in total. The summed E-state index contributed by atoms with van der Waals surface area (Å²) < 4.78 is 0. The third kappa shape index (κ3) is 2.36. The molecule has 1 aliphatic heterocycles. The van der Waals surface area contributed by atoms with Gasteiger partial charge >= 0.3 is 0 Å². The van der Waals surface area contributed by atoms with E-state index >= 15 is 0 Å². The number of phenols is 1. The van der Waals surface area contributed by atoms with E-state index < -0.39 is 0 Å². The Morgan fingerprint density at radius 2 is 2.00 bits per heavy atom. The lowest BCUT2D eigenvalue weighted by molar-refractivity contribution is 0.183. The van der Waals surface area contributed by atoms with Crippen molar-refractivity contribution in [3.8, 4) is 5.75 Å². The SMILES string of the molecule is Cc1ccc([C@H](C)N2CCNCC2)c(O)c1. The lowest BCUT2D eigenvalue weighted by atomic mass is 10.0. The van der Waals surface area contributed by atoms with Gasteiger partial charge < -0.3 is 10.4 Å². The predicted octanol–water partition coefficient (Wildman–Crippen LogP) is 1.67. The largest absolute Gasteiger partial charge is 0.508 e. The monoisotopic (exact) mass is 220 g/mol. The van der Waals surface area contributed by atoms with Crippen LogP contribution in [-0.4, -0.2) is 36.2 Å². The van der Waals surface area contributed by atoms with Gasteiger partial charge in [0.2, 0.25) is 0 Å². The minimum absolute atomic E-state index is 0.294. The summed E-state index contributed by atoms with van der Waals surface area (Å²) in [7, 11) is 0. The molecule has 0 bridgehead atoms. The average Bonchev–Trinajstić information content (AvgIpc) is 2.29. The summed E-state index contributed by atoms with van der Waals surface area (Å²) in [4.78, 5) is 2.40. The molecule has 16 heavy (non-hydrogen) atoms. The van der Waals surface area contributed by atoms with E-state index in [2.05, 4.69) is 23.2 Å². The first-order valence-corrected chi connectivity index (χ1v) is 5.93. The second kappa shape index (κ2) is 4.85. The quantitative estimate of drug-likeness (QED) is 0.796. The Labute approximate surface area is 97.1 Å². The Morgan fingerprint density at radius 1 is 1.31 bits per heavy atom. The average molecular weight is 220 g/mol. The third-order valence-corrected chi connectivity index (χ3v) is 3.34. The standard InChI is InChI=1S/C13H20N2O/c1-10-3-4-12(13(16)9-10)11(2)15-7-5-14-6-8-15/h3-4,9,11,14,16H,5-8H2,1-2H3/t11-/m0/s1. The predicted molar refractivity (Wildman–Crippen MR) is 65.7 cm³/mol. The molecule has 1 aromatic rings. The molecule has 0 amide bonds. The van der Waals surface area contributed by atoms with Crippen molar-refractivity contribution in [1.29, 1.82) is 0 Å². The van der Waals surface area contributed by atoms with Gasteiger partial charge in [-0.05, 0) is 25.5 Å². The molecule has 88 valence electrons. The maximum atomic E-state index is 9.95. The van der Waals surface area contributed by atoms with E-state index in [0.717, 1.165) is 37.3 Å². The molecule has 1 fully saturated rings. The van der Waals surface area contributed by atoms with Crippen molar-refractivity contribution in [2.75, 3.05) is 26.2 Å². The fourth-order valence-electron chi connectivity index (χ4n) is 2.27. The van der Waals surface area contributed by atoms with Crippen LogP contribution in [0, 0.1) is 6.92 Å². The molecule has 1 heterocycles. The molecule has 2 N–H and O–H groups in total. The van der Waals surface area contributed by atoms with E-state index in [1.54, 1.807) is 0 Å². The molecule has 0 spiro atoms. The number of phenolic OH excluding ortho intramolecular Hbond substituents is 1. The molecule has 0 aromatic heterocycles. The number of hydrogen-bond donors (Lipinski definition) is 2. The zero-order valence-corrected chi connectivity index (χ0v) is 10.0.